The number of carbonyl (C=O) groups is 5. The fourth-order valence-corrected chi connectivity index (χ4v) is 2.95. The molecule has 0 aliphatic carbocycles. The van der Waals surface area contributed by atoms with Crippen molar-refractivity contribution in [3.8, 4) is 0 Å². The van der Waals surface area contributed by atoms with Gasteiger partial charge in [-0.05, 0) is 18.4 Å². The van der Waals surface area contributed by atoms with Crippen LogP contribution in [-0.2, 0) is 30.4 Å². The molecule has 1 aromatic carbocycles. The van der Waals surface area contributed by atoms with Crippen LogP contribution in [0, 0.1) is 0 Å². The van der Waals surface area contributed by atoms with E-state index >= 15 is 0 Å². The second-order valence-corrected chi connectivity index (χ2v) is 6.90. The van der Waals surface area contributed by atoms with Crippen molar-refractivity contribution in [1.82, 2.24) is 15.5 Å². The maximum atomic E-state index is 12.0. The summed E-state index contributed by atoms with van der Waals surface area (Å²) in [7, 11) is 0. The normalized spacial score (nSPS) is 13.9. The summed E-state index contributed by atoms with van der Waals surface area (Å²) in [5.74, 6) is -2.70. The van der Waals surface area contributed by atoms with E-state index in [1.54, 1.807) is 24.3 Å². The molecule has 0 radical (unpaired) electrons. The number of benzene rings is 1. The van der Waals surface area contributed by atoms with Gasteiger partial charge in [0.15, 0.2) is 0 Å². The Labute approximate surface area is 174 Å². The van der Waals surface area contributed by atoms with Crippen molar-refractivity contribution in [3.05, 3.63) is 48.0 Å². The first kappa shape index (κ1) is 22.8. The van der Waals surface area contributed by atoms with Crippen molar-refractivity contribution in [2.45, 2.75) is 38.1 Å². The van der Waals surface area contributed by atoms with E-state index in [1.165, 1.54) is 12.2 Å². The molecule has 0 fully saturated rings. The quantitative estimate of drug-likeness (QED) is 0.334. The van der Waals surface area contributed by atoms with Gasteiger partial charge in [0, 0.05) is 31.5 Å². The number of nitrogens with one attached hydrogen (secondary N) is 2. The first-order valence-corrected chi connectivity index (χ1v) is 9.73. The summed E-state index contributed by atoms with van der Waals surface area (Å²) in [6.07, 6.45) is 4.59. The SMILES string of the molecule is O=C(CCCCCN1C(=O)C=CC1=O)NCC(=O)N[C@@H](Cc1ccccc1)C(=O)O. The number of aliphatic carboxylic acids is 1. The van der Waals surface area contributed by atoms with Crippen LogP contribution in [-0.4, -0.2) is 58.7 Å². The third-order valence-corrected chi connectivity index (χ3v) is 4.55. The first-order chi connectivity index (χ1) is 14.4. The highest BCUT2D eigenvalue weighted by atomic mass is 16.4. The van der Waals surface area contributed by atoms with Gasteiger partial charge in [0.05, 0.1) is 6.54 Å². The molecule has 1 aliphatic rings. The van der Waals surface area contributed by atoms with Gasteiger partial charge in [-0.15, -0.1) is 0 Å². The Kier molecular flexibility index (Phi) is 8.74. The zero-order chi connectivity index (χ0) is 21.9. The number of nitrogens with zero attached hydrogens (tertiary/aromatic N) is 1. The Morgan fingerprint density at radius 1 is 0.933 bits per heavy atom. The molecule has 4 amide bonds. The van der Waals surface area contributed by atoms with Crippen molar-refractivity contribution in [3.63, 3.8) is 0 Å². The highest BCUT2D eigenvalue weighted by molar-refractivity contribution is 6.12. The monoisotopic (exact) mass is 415 g/mol. The zero-order valence-electron chi connectivity index (χ0n) is 16.5. The lowest BCUT2D eigenvalue weighted by Gasteiger charge is -2.15. The van der Waals surface area contributed by atoms with Crippen molar-refractivity contribution >= 4 is 29.6 Å². The lowest BCUT2D eigenvalue weighted by atomic mass is 10.1. The van der Waals surface area contributed by atoms with E-state index in [4.69, 9.17) is 0 Å². The first-order valence-electron chi connectivity index (χ1n) is 9.73. The number of unbranched alkanes of at least 4 members (excludes halogenated alkanes) is 2. The van der Waals surface area contributed by atoms with Crippen LogP contribution in [0.3, 0.4) is 0 Å². The van der Waals surface area contributed by atoms with Gasteiger partial charge in [-0.25, -0.2) is 4.79 Å². The Morgan fingerprint density at radius 3 is 2.23 bits per heavy atom. The molecule has 1 atom stereocenters. The Morgan fingerprint density at radius 2 is 1.60 bits per heavy atom. The Bertz CT molecular complexity index is 803. The topological polar surface area (TPSA) is 133 Å². The molecular weight excluding hydrogens is 390 g/mol. The summed E-state index contributed by atoms with van der Waals surface area (Å²) < 4.78 is 0. The molecule has 0 unspecified atom stereocenters. The smallest absolute Gasteiger partial charge is 0.326 e. The molecule has 30 heavy (non-hydrogen) atoms. The van der Waals surface area contributed by atoms with Gasteiger partial charge in [0.25, 0.3) is 11.8 Å². The number of imide groups is 1. The minimum Gasteiger partial charge on any atom is -0.480 e. The minimum atomic E-state index is -1.15. The van der Waals surface area contributed by atoms with Crippen molar-refractivity contribution < 1.29 is 29.1 Å². The van der Waals surface area contributed by atoms with E-state index in [-0.39, 0.29) is 37.1 Å². The van der Waals surface area contributed by atoms with E-state index in [2.05, 4.69) is 10.6 Å². The molecule has 1 heterocycles. The van der Waals surface area contributed by atoms with Crippen LogP contribution in [0.15, 0.2) is 42.5 Å². The van der Waals surface area contributed by atoms with Gasteiger partial charge in [-0.3, -0.25) is 24.1 Å². The fourth-order valence-electron chi connectivity index (χ4n) is 2.95. The summed E-state index contributed by atoms with van der Waals surface area (Å²) in [5, 5.41) is 14.2. The van der Waals surface area contributed by atoms with Gasteiger partial charge in [0.1, 0.15) is 6.04 Å². The molecule has 1 aromatic rings. The maximum Gasteiger partial charge on any atom is 0.326 e. The molecule has 9 nitrogen and oxygen atoms in total. The van der Waals surface area contributed by atoms with E-state index in [0.29, 0.717) is 25.8 Å². The molecule has 0 bridgehead atoms. The molecule has 3 N–H and O–H groups in total. The lowest BCUT2D eigenvalue weighted by Crippen LogP contribution is -2.46. The number of hydrogen-bond donors (Lipinski definition) is 3. The molecule has 1 aliphatic heterocycles. The van der Waals surface area contributed by atoms with Gasteiger partial charge >= 0.3 is 5.97 Å². The minimum absolute atomic E-state index is 0.146. The van der Waals surface area contributed by atoms with E-state index in [0.717, 1.165) is 10.5 Å². The van der Waals surface area contributed by atoms with Gasteiger partial charge < -0.3 is 15.7 Å². The van der Waals surface area contributed by atoms with Crippen molar-refractivity contribution in [2.24, 2.45) is 0 Å². The van der Waals surface area contributed by atoms with Gasteiger partial charge in [-0.2, -0.15) is 0 Å². The fraction of sp³-hybridized carbons (Fsp3) is 0.381. The van der Waals surface area contributed by atoms with Crippen LogP contribution >= 0.6 is 0 Å². The summed E-state index contributed by atoms with van der Waals surface area (Å²) in [4.78, 5) is 59.1. The van der Waals surface area contributed by atoms with E-state index in [9.17, 15) is 29.1 Å². The second-order valence-electron chi connectivity index (χ2n) is 6.90. The Balaban J connectivity index is 1.61. The third-order valence-electron chi connectivity index (χ3n) is 4.55. The highest BCUT2D eigenvalue weighted by Crippen LogP contribution is 2.07. The molecule has 9 heteroatoms. The number of amides is 4. The average Bonchev–Trinajstić information content (AvgIpc) is 3.04. The summed E-state index contributed by atoms with van der Waals surface area (Å²) in [6.45, 7) is 0.00648. The number of hydrogen-bond acceptors (Lipinski definition) is 5. The average molecular weight is 415 g/mol. The predicted octanol–water partition coefficient (Wildman–Crippen LogP) is 0.400. The molecule has 0 saturated heterocycles. The molecule has 160 valence electrons. The van der Waals surface area contributed by atoms with Crippen molar-refractivity contribution in [1.29, 1.82) is 0 Å². The number of rotatable bonds is 12. The van der Waals surface area contributed by atoms with Gasteiger partial charge in [-0.1, -0.05) is 36.8 Å². The van der Waals surface area contributed by atoms with Gasteiger partial charge in [0.2, 0.25) is 11.8 Å². The maximum absolute atomic E-state index is 12.0. The predicted molar refractivity (Wildman–Crippen MR) is 107 cm³/mol. The van der Waals surface area contributed by atoms with E-state index in [1.807, 2.05) is 6.07 Å². The number of carboxylic acids is 1. The van der Waals surface area contributed by atoms with Crippen molar-refractivity contribution in [2.75, 3.05) is 13.1 Å². The summed E-state index contributed by atoms with van der Waals surface area (Å²) >= 11 is 0. The van der Waals surface area contributed by atoms with E-state index < -0.39 is 17.9 Å². The number of carbonyl (C=O) groups excluding carboxylic acids is 4. The second kappa shape index (κ2) is 11.5. The van der Waals surface area contributed by atoms with Crippen LogP contribution < -0.4 is 10.6 Å². The standard InChI is InChI=1S/C21H25N3O6/c25-17(9-5-2-6-12-24-19(27)10-11-20(24)28)22-14-18(26)23-16(21(29)30)13-15-7-3-1-4-8-15/h1,3-4,7-8,10-11,16H,2,5-6,9,12-14H2,(H,22,25)(H,23,26)(H,29,30)/t16-/m0/s1. The summed E-state index contributed by atoms with van der Waals surface area (Å²) in [5.41, 5.74) is 0.780. The van der Waals surface area contributed by atoms with Crippen LogP contribution in [0.2, 0.25) is 0 Å². The molecular formula is C21H25N3O6. The molecule has 0 aromatic heterocycles. The largest absolute Gasteiger partial charge is 0.480 e. The number of carboxylic acid groups (broad SMARTS) is 1. The van der Waals surface area contributed by atoms with Crippen LogP contribution in [0.5, 0.6) is 0 Å². The molecule has 0 saturated carbocycles. The van der Waals surface area contributed by atoms with Crippen LogP contribution in [0.25, 0.3) is 0 Å². The summed E-state index contributed by atoms with van der Waals surface area (Å²) in [6, 6.07) is 7.85. The molecule has 2 rings (SSSR count). The third kappa shape index (κ3) is 7.50. The van der Waals surface area contributed by atoms with Crippen LogP contribution in [0.1, 0.15) is 31.2 Å². The molecule has 0 spiro atoms. The lowest BCUT2D eigenvalue weighted by molar-refractivity contribution is -0.141. The Hall–Kier alpha value is -3.49. The highest BCUT2D eigenvalue weighted by Gasteiger charge is 2.22. The van der Waals surface area contributed by atoms with Crippen LogP contribution in [0.4, 0.5) is 0 Å². The zero-order valence-corrected chi connectivity index (χ0v) is 16.5.